The van der Waals surface area contributed by atoms with Gasteiger partial charge in [0.2, 0.25) is 5.91 Å². The molecular formula is C15H23NO3. The molecule has 0 saturated carbocycles. The summed E-state index contributed by atoms with van der Waals surface area (Å²) in [6, 6.07) is 7.64. The first-order valence-electron chi connectivity index (χ1n) is 6.77. The molecule has 4 nitrogen and oxygen atoms in total. The molecule has 0 aliphatic rings. The minimum atomic E-state index is -0.183. The SMILES string of the molecule is CCCOc1ccc(CCC(=O)NC(C)CO)cc1. The van der Waals surface area contributed by atoms with E-state index in [-0.39, 0.29) is 18.6 Å². The van der Waals surface area contributed by atoms with Gasteiger partial charge in [-0.3, -0.25) is 4.79 Å². The molecule has 0 bridgehead atoms. The monoisotopic (exact) mass is 265 g/mol. The van der Waals surface area contributed by atoms with E-state index in [1.165, 1.54) is 0 Å². The van der Waals surface area contributed by atoms with Gasteiger partial charge in [0.25, 0.3) is 0 Å². The van der Waals surface area contributed by atoms with Crippen molar-refractivity contribution in [3.05, 3.63) is 29.8 Å². The first-order valence-corrected chi connectivity index (χ1v) is 6.77. The van der Waals surface area contributed by atoms with Crippen LogP contribution in [0.2, 0.25) is 0 Å². The highest BCUT2D eigenvalue weighted by atomic mass is 16.5. The van der Waals surface area contributed by atoms with Gasteiger partial charge in [-0.15, -0.1) is 0 Å². The van der Waals surface area contributed by atoms with Gasteiger partial charge >= 0.3 is 0 Å². The number of aliphatic hydroxyl groups excluding tert-OH is 1. The van der Waals surface area contributed by atoms with Crippen molar-refractivity contribution in [2.45, 2.75) is 39.2 Å². The fourth-order valence-electron chi connectivity index (χ4n) is 1.62. The highest BCUT2D eigenvalue weighted by Gasteiger charge is 2.06. The summed E-state index contributed by atoms with van der Waals surface area (Å²) in [4.78, 5) is 11.5. The van der Waals surface area contributed by atoms with Crippen molar-refractivity contribution in [3.8, 4) is 5.75 Å². The number of aliphatic hydroxyl groups is 1. The molecule has 1 unspecified atom stereocenters. The molecule has 0 heterocycles. The molecule has 106 valence electrons. The molecule has 0 aromatic heterocycles. The highest BCUT2D eigenvalue weighted by molar-refractivity contribution is 5.76. The van der Waals surface area contributed by atoms with Gasteiger partial charge in [0, 0.05) is 12.5 Å². The average Bonchev–Trinajstić information content (AvgIpc) is 2.43. The van der Waals surface area contributed by atoms with Crippen molar-refractivity contribution in [2.75, 3.05) is 13.2 Å². The summed E-state index contributed by atoms with van der Waals surface area (Å²) in [7, 11) is 0. The van der Waals surface area contributed by atoms with Crippen LogP contribution in [0.15, 0.2) is 24.3 Å². The van der Waals surface area contributed by atoms with Crippen LogP contribution in [0.5, 0.6) is 5.75 Å². The molecule has 0 spiro atoms. The molecule has 2 N–H and O–H groups in total. The van der Waals surface area contributed by atoms with Gasteiger partial charge < -0.3 is 15.2 Å². The van der Waals surface area contributed by atoms with Gasteiger partial charge in [-0.1, -0.05) is 19.1 Å². The maximum Gasteiger partial charge on any atom is 0.220 e. The minimum absolute atomic E-state index is 0.0325. The molecule has 0 aliphatic carbocycles. The van der Waals surface area contributed by atoms with Crippen LogP contribution >= 0.6 is 0 Å². The summed E-state index contributed by atoms with van der Waals surface area (Å²) < 4.78 is 5.50. The van der Waals surface area contributed by atoms with Crippen LogP contribution in [0, 0.1) is 0 Å². The van der Waals surface area contributed by atoms with Gasteiger partial charge in [0.15, 0.2) is 0 Å². The van der Waals surface area contributed by atoms with Crippen molar-refractivity contribution in [1.82, 2.24) is 5.32 Å². The first kappa shape index (κ1) is 15.5. The molecule has 0 fully saturated rings. The molecule has 0 saturated heterocycles. The molecule has 1 amide bonds. The van der Waals surface area contributed by atoms with Crippen LogP contribution in [0.4, 0.5) is 0 Å². The zero-order chi connectivity index (χ0) is 14.1. The maximum atomic E-state index is 11.5. The molecule has 1 atom stereocenters. The Balaban J connectivity index is 2.35. The van der Waals surface area contributed by atoms with Crippen molar-refractivity contribution < 1.29 is 14.6 Å². The number of rotatable bonds is 8. The van der Waals surface area contributed by atoms with E-state index < -0.39 is 0 Å². The van der Waals surface area contributed by atoms with Crippen LogP contribution < -0.4 is 10.1 Å². The van der Waals surface area contributed by atoms with E-state index >= 15 is 0 Å². The van der Waals surface area contributed by atoms with Gasteiger partial charge in [-0.25, -0.2) is 0 Å². The Hall–Kier alpha value is -1.55. The average molecular weight is 265 g/mol. The topological polar surface area (TPSA) is 58.6 Å². The summed E-state index contributed by atoms with van der Waals surface area (Å²) in [6.45, 7) is 4.54. The molecule has 0 aliphatic heterocycles. The zero-order valence-corrected chi connectivity index (χ0v) is 11.7. The van der Waals surface area contributed by atoms with E-state index in [0.29, 0.717) is 12.8 Å². The van der Waals surface area contributed by atoms with Gasteiger partial charge in [-0.2, -0.15) is 0 Å². The van der Waals surface area contributed by atoms with E-state index in [0.717, 1.165) is 24.3 Å². The van der Waals surface area contributed by atoms with Gasteiger partial charge in [0.05, 0.1) is 13.2 Å². The fraction of sp³-hybridized carbons (Fsp3) is 0.533. The smallest absolute Gasteiger partial charge is 0.220 e. The van der Waals surface area contributed by atoms with Crippen molar-refractivity contribution >= 4 is 5.91 Å². The van der Waals surface area contributed by atoms with Crippen LogP contribution in [-0.4, -0.2) is 30.3 Å². The third kappa shape index (κ3) is 6.25. The van der Waals surface area contributed by atoms with E-state index in [9.17, 15) is 4.79 Å². The van der Waals surface area contributed by atoms with E-state index in [4.69, 9.17) is 9.84 Å². The summed E-state index contributed by atoms with van der Waals surface area (Å²) in [5, 5.41) is 11.6. The number of carbonyl (C=O) groups is 1. The van der Waals surface area contributed by atoms with Crippen molar-refractivity contribution in [1.29, 1.82) is 0 Å². The van der Waals surface area contributed by atoms with E-state index in [1.54, 1.807) is 6.92 Å². The largest absolute Gasteiger partial charge is 0.494 e. The summed E-state index contributed by atoms with van der Waals surface area (Å²) >= 11 is 0. The molecular weight excluding hydrogens is 242 g/mol. The molecule has 0 radical (unpaired) electrons. The van der Waals surface area contributed by atoms with Crippen LogP contribution in [-0.2, 0) is 11.2 Å². The minimum Gasteiger partial charge on any atom is -0.494 e. The Bertz CT molecular complexity index is 375. The highest BCUT2D eigenvalue weighted by Crippen LogP contribution is 2.13. The number of hydrogen-bond acceptors (Lipinski definition) is 3. The number of aryl methyl sites for hydroxylation is 1. The number of amides is 1. The van der Waals surface area contributed by atoms with Crippen LogP contribution in [0.1, 0.15) is 32.3 Å². The maximum absolute atomic E-state index is 11.5. The lowest BCUT2D eigenvalue weighted by atomic mass is 10.1. The quantitative estimate of drug-likeness (QED) is 0.755. The summed E-state index contributed by atoms with van der Waals surface area (Å²) in [5.74, 6) is 0.830. The number of ether oxygens (including phenoxy) is 1. The fourth-order valence-corrected chi connectivity index (χ4v) is 1.62. The molecule has 1 rings (SSSR count). The second-order valence-corrected chi connectivity index (χ2v) is 4.64. The number of hydrogen-bond donors (Lipinski definition) is 2. The summed E-state index contributed by atoms with van der Waals surface area (Å²) in [5.41, 5.74) is 1.11. The third-order valence-corrected chi connectivity index (χ3v) is 2.72. The normalized spacial score (nSPS) is 11.9. The van der Waals surface area contributed by atoms with Gasteiger partial charge in [-0.05, 0) is 37.5 Å². The molecule has 4 heteroatoms. The van der Waals surface area contributed by atoms with Crippen LogP contribution in [0.3, 0.4) is 0 Å². The van der Waals surface area contributed by atoms with E-state index in [2.05, 4.69) is 12.2 Å². The number of nitrogens with one attached hydrogen (secondary N) is 1. The Kier molecular flexibility index (Phi) is 6.97. The van der Waals surface area contributed by atoms with Crippen molar-refractivity contribution in [2.24, 2.45) is 0 Å². The molecule has 1 aromatic carbocycles. The Morgan fingerprint density at radius 3 is 2.63 bits per heavy atom. The lowest BCUT2D eigenvalue weighted by Crippen LogP contribution is -2.35. The summed E-state index contributed by atoms with van der Waals surface area (Å²) in [6.07, 6.45) is 2.11. The number of carbonyl (C=O) groups excluding carboxylic acids is 1. The third-order valence-electron chi connectivity index (χ3n) is 2.72. The lowest BCUT2D eigenvalue weighted by Gasteiger charge is -2.10. The number of benzene rings is 1. The van der Waals surface area contributed by atoms with Gasteiger partial charge in [0.1, 0.15) is 5.75 Å². The zero-order valence-electron chi connectivity index (χ0n) is 11.7. The Morgan fingerprint density at radius 1 is 1.37 bits per heavy atom. The lowest BCUT2D eigenvalue weighted by molar-refractivity contribution is -0.121. The predicted molar refractivity (Wildman–Crippen MR) is 75.2 cm³/mol. The standard InChI is InChI=1S/C15H23NO3/c1-3-10-19-14-7-4-13(5-8-14)6-9-15(18)16-12(2)11-17/h4-5,7-8,12,17H,3,6,9-11H2,1-2H3,(H,16,18). The second-order valence-electron chi connectivity index (χ2n) is 4.64. The predicted octanol–water partition coefficient (Wildman–Crippen LogP) is 1.91. The molecule has 1 aromatic rings. The Labute approximate surface area is 114 Å². The Morgan fingerprint density at radius 2 is 2.05 bits per heavy atom. The van der Waals surface area contributed by atoms with Crippen LogP contribution in [0.25, 0.3) is 0 Å². The van der Waals surface area contributed by atoms with E-state index in [1.807, 2.05) is 24.3 Å². The molecule has 19 heavy (non-hydrogen) atoms. The second kappa shape index (κ2) is 8.53. The van der Waals surface area contributed by atoms with Crippen molar-refractivity contribution in [3.63, 3.8) is 0 Å². The first-order chi connectivity index (χ1) is 9.15.